The van der Waals surface area contributed by atoms with Crippen LogP contribution in [0.5, 0.6) is 5.75 Å². The monoisotopic (exact) mass is 363 g/mol. The molecule has 1 heterocycles. The van der Waals surface area contributed by atoms with Crippen LogP contribution in [0.3, 0.4) is 0 Å². The molecule has 8 heteroatoms. The lowest BCUT2D eigenvalue weighted by Gasteiger charge is -2.10. The van der Waals surface area contributed by atoms with Crippen molar-refractivity contribution in [3.05, 3.63) is 23.8 Å². The van der Waals surface area contributed by atoms with Crippen molar-refractivity contribution >= 4 is 17.7 Å². The number of thioether (sulfide) groups is 1. The van der Waals surface area contributed by atoms with Gasteiger partial charge in [0.25, 0.3) is 0 Å². The topological polar surface area (TPSA) is 81.9 Å². The largest absolute Gasteiger partial charge is 0.494 e. The molecule has 1 aromatic carbocycles. The van der Waals surface area contributed by atoms with E-state index in [9.17, 15) is 4.79 Å². The number of aromatic nitrogens is 4. The molecular formula is C17H25N5O2S. The number of nitrogens with zero attached hydrogens (tertiary/aromatic N) is 4. The Kier molecular flexibility index (Phi) is 7.72. The van der Waals surface area contributed by atoms with Crippen LogP contribution >= 0.6 is 11.8 Å². The first-order chi connectivity index (χ1) is 12.2. The third kappa shape index (κ3) is 5.74. The standard InChI is InChI=1S/C17H25N5O2S/c1-4-5-6-7-10-18-16(23)12-25-17-19-20-21-22(17)14-11-13(2)8-9-15(14)24-3/h8-9,11H,4-7,10,12H2,1-3H3,(H,18,23). The van der Waals surface area contributed by atoms with Gasteiger partial charge in [0.05, 0.1) is 12.9 Å². The smallest absolute Gasteiger partial charge is 0.230 e. The van der Waals surface area contributed by atoms with Gasteiger partial charge in [0, 0.05) is 6.54 Å². The second-order valence-electron chi connectivity index (χ2n) is 5.75. The third-order valence-electron chi connectivity index (χ3n) is 3.69. The maximum absolute atomic E-state index is 12.0. The minimum absolute atomic E-state index is 0.00717. The third-order valence-corrected chi connectivity index (χ3v) is 4.61. The zero-order valence-electron chi connectivity index (χ0n) is 15.0. The summed E-state index contributed by atoms with van der Waals surface area (Å²) in [6.45, 7) is 4.88. The Morgan fingerprint density at radius 1 is 1.32 bits per heavy atom. The molecule has 1 amide bonds. The Labute approximate surface area is 152 Å². The average Bonchev–Trinajstić information content (AvgIpc) is 3.08. The van der Waals surface area contributed by atoms with E-state index in [-0.39, 0.29) is 11.7 Å². The van der Waals surface area contributed by atoms with Crippen LogP contribution in [0.25, 0.3) is 5.69 Å². The summed E-state index contributed by atoms with van der Waals surface area (Å²) < 4.78 is 6.99. The number of benzene rings is 1. The molecule has 0 unspecified atom stereocenters. The van der Waals surface area contributed by atoms with Crippen LogP contribution in [-0.4, -0.2) is 45.5 Å². The molecule has 0 fully saturated rings. The van der Waals surface area contributed by atoms with Gasteiger partial charge in [-0.15, -0.1) is 5.10 Å². The summed E-state index contributed by atoms with van der Waals surface area (Å²) in [5.41, 5.74) is 1.84. The molecule has 136 valence electrons. The summed E-state index contributed by atoms with van der Waals surface area (Å²) in [6, 6.07) is 5.79. The molecular weight excluding hydrogens is 338 g/mol. The first-order valence-electron chi connectivity index (χ1n) is 8.48. The van der Waals surface area contributed by atoms with Crippen molar-refractivity contribution in [2.45, 2.75) is 44.7 Å². The molecule has 0 bridgehead atoms. The maximum atomic E-state index is 12.0. The van der Waals surface area contributed by atoms with Crippen LogP contribution in [0, 0.1) is 6.92 Å². The number of unbranched alkanes of at least 4 members (excludes halogenated alkanes) is 3. The number of tetrazole rings is 1. The number of ether oxygens (including phenoxy) is 1. The van der Waals surface area contributed by atoms with E-state index in [1.54, 1.807) is 11.8 Å². The fraction of sp³-hybridized carbons (Fsp3) is 0.529. The van der Waals surface area contributed by atoms with E-state index in [0.29, 0.717) is 10.9 Å². The number of nitrogens with one attached hydrogen (secondary N) is 1. The molecule has 0 spiro atoms. The summed E-state index contributed by atoms with van der Waals surface area (Å²) in [4.78, 5) is 12.0. The van der Waals surface area contributed by atoms with Crippen LogP contribution in [0.4, 0.5) is 0 Å². The van der Waals surface area contributed by atoms with E-state index in [2.05, 4.69) is 27.8 Å². The first-order valence-corrected chi connectivity index (χ1v) is 9.47. The molecule has 1 aromatic heterocycles. The Bertz CT molecular complexity index is 689. The highest BCUT2D eigenvalue weighted by Crippen LogP contribution is 2.26. The van der Waals surface area contributed by atoms with Crippen molar-refractivity contribution in [2.24, 2.45) is 0 Å². The lowest BCUT2D eigenvalue weighted by molar-refractivity contribution is -0.118. The average molecular weight is 363 g/mol. The summed E-state index contributed by atoms with van der Waals surface area (Å²) in [7, 11) is 1.61. The molecule has 0 atom stereocenters. The van der Waals surface area contributed by atoms with Gasteiger partial charge in [0.1, 0.15) is 11.4 Å². The van der Waals surface area contributed by atoms with Crippen molar-refractivity contribution in [1.82, 2.24) is 25.5 Å². The van der Waals surface area contributed by atoms with E-state index in [1.165, 1.54) is 24.6 Å². The quantitative estimate of drug-likeness (QED) is 0.516. The molecule has 2 aromatic rings. The van der Waals surface area contributed by atoms with E-state index < -0.39 is 0 Å². The van der Waals surface area contributed by atoms with E-state index in [1.807, 2.05) is 25.1 Å². The molecule has 0 aliphatic heterocycles. The molecule has 0 aliphatic carbocycles. The Balaban J connectivity index is 1.94. The number of methoxy groups -OCH3 is 1. The number of rotatable bonds is 10. The Morgan fingerprint density at radius 2 is 2.16 bits per heavy atom. The van der Waals surface area contributed by atoms with Gasteiger partial charge >= 0.3 is 0 Å². The molecule has 7 nitrogen and oxygen atoms in total. The second-order valence-corrected chi connectivity index (χ2v) is 6.69. The minimum atomic E-state index is -0.00717. The molecule has 0 radical (unpaired) electrons. The summed E-state index contributed by atoms with van der Waals surface area (Å²) in [5, 5.41) is 15.3. The lowest BCUT2D eigenvalue weighted by atomic mass is 10.2. The number of aryl methyl sites for hydroxylation is 1. The lowest BCUT2D eigenvalue weighted by Crippen LogP contribution is -2.26. The predicted molar refractivity (Wildman–Crippen MR) is 98.3 cm³/mol. The highest BCUT2D eigenvalue weighted by molar-refractivity contribution is 7.99. The normalized spacial score (nSPS) is 10.7. The minimum Gasteiger partial charge on any atom is -0.494 e. The van der Waals surface area contributed by atoms with Gasteiger partial charge in [-0.25, -0.2) is 0 Å². The second kappa shape index (κ2) is 10.0. The highest BCUT2D eigenvalue weighted by atomic mass is 32.2. The predicted octanol–water partition coefficient (Wildman–Crippen LogP) is 2.77. The van der Waals surface area contributed by atoms with Gasteiger partial charge in [0.15, 0.2) is 0 Å². The molecule has 25 heavy (non-hydrogen) atoms. The van der Waals surface area contributed by atoms with Crippen LogP contribution in [0.1, 0.15) is 38.2 Å². The van der Waals surface area contributed by atoms with Crippen molar-refractivity contribution in [3.63, 3.8) is 0 Å². The summed E-state index contributed by atoms with van der Waals surface area (Å²) >= 11 is 1.31. The molecule has 0 saturated heterocycles. The van der Waals surface area contributed by atoms with Gasteiger partial charge in [-0.1, -0.05) is 44.0 Å². The number of hydrogen-bond donors (Lipinski definition) is 1. The van der Waals surface area contributed by atoms with Crippen LogP contribution in [-0.2, 0) is 4.79 Å². The fourth-order valence-corrected chi connectivity index (χ4v) is 3.06. The SMILES string of the molecule is CCCCCCNC(=O)CSc1nnnn1-c1cc(C)ccc1OC. The van der Waals surface area contributed by atoms with Gasteiger partial charge < -0.3 is 10.1 Å². The van der Waals surface area contributed by atoms with Crippen LogP contribution in [0.2, 0.25) is 0 Å². The van der Waals surface area contributed by atoms with Crippen molar-refractivity contribution in [3.8, 4) is 11.4 Å². The van der Waals surface area contributed by atoms with E-state index >= 15 is 0 Å². The molecule has 2 rings (SSSR count). The van der Waals surface area contributed by atoms with Gasteiger partial charge in [-0.3, -0.25) is 4.79 Å². The van der Waals surface area contributed by atoms with Gasteiger partial charge in [-0.05, 0) is 41.5 Å². The molecule has 0 aliphatic rings. The van der Waals surface area contributed by atoms with E-state index in [0.717, 1.165) is 30.6 Å². The Hall–Kier alpha value is -2.09. The van der Waals surface area contributed by atoms with Crippen molar-refractivity contribution in [2.75, 3.05) is 19.4 Å². The van der Waals surface area contributed by atoms with Crippen molar-refractivity contribution < 1.29 is 9.53 Å². The summed E-state index contributed by atoms with van der Waals surface area (Å²) in [6.07, 6.45) is 4.56. The molecule has 1 N–H and O–H groups in total. The number of hydrogen-bond acceptors (Lipinski definition) is 6. The van der Waals surface area contributed by atoms with Crippen molar-refractivity contribution in [1.29, 1.82) is 0 Å². The first kappa shape index (κ1) is 19.2. The van der Waals surface area contributed by atoms with Crippen LogP contribution in [0.15, 0.2) is 23.4 Å². The maximum Gasteiger partial charge on any atom is 0.230 e. The number of carbonyl (C=O) groups excluding carboxylic acids is 1. The number of amides is 1. The number of carbonyl (C=O) groups is 1. The Morgan fingerprint density at radius 3 is 2.92 bits per heavy atom. The highest BCUT2D eigenvalue weighted by Gasteiger charge is 2.15. The fourth-order valence-electron chi connectivity index (χ4n) is 2.35. The van der Waals surface area contributed by atoms with Crippen LogP contribution < -0.4 is 10.1 Å². The van der Waals surface area contributed by atoms with Gasteiger partial charge in [0.2, 0.25) is 11.1 Å². The molecule has 0 saturated carbocycles. The van der Waals surface area contributed by atoms with Gasteiger partial charge in [-0.2, -0.15) is 4.68 Å². The zero-order valence-corrected chi connectivity index (χ0v) is 15.8. The zero-order chi connectivity index (χ0) is 18.1. The summed E-state index contributed by atoms with van der Waals surface area (Å²) in [5.74, 6) is 0.954. The van der Waals surface area contributed by atoms with E-state index in [4.69, 9.17) is 4.74 Å².